The molecule has 6 aromatic heterocycles. The van der Waals surface area contributed by atoms with Crippen LogP contribution >= 0.6 is 15.9 Å². The van der Waals surface area contributed by atoms with E-state index in [9.17, 15) is 0 Å². The van der Waals surface area contributed by atoms with Crippen molar-refractivity contribution < 1.29 is 18.3 Å². The van der Waals surface area contributed by atoms with Gasteiger partial charge in [0.25, 0.3) is 0 Å². The molecule has 0 amide bonds. The number of pyridine rings is 2. The van der Waals surface area contributed by atoms with E-state index in [0.717, 1.165) is 27.6 Å². The third kappa shape index (κ3) is 3.16. The van der Waals surface area contributed by atoms with Crippen molar-refractivity contribution in [1.29, 1.82) is 0 Å². The maximum absolute atomic E-state index is 6.11. The van der Waals surface area contributed by atoms with E-state index in [1.807, 2.05) is 6.92 Å². The molecule has 0 radical (unpaired) electrons. The lowest BCUT2D eigenvalue weighted by Gasteiger charge is -2.09. The van der Waals surface area contributed by atoms with Crippen molar-refractivity contribution in [3.8, 4) is 23.4 Å². The Bertz CT molecular complexity index is 1600. The molecule has 0 saturated carbocycles. The summed E-state index contributed by atoms with van der Waals surface area (Å²) in [5.74, 6) is 1.23. The zero-order valence-electron chi connectivity index (χ0n) is 16.6. The first-order chi connectivity index (χ1) is 15.7. The summed E-state index contributed by atoms with van der Waals surface area (Å²) in [5, 5.41) is 0.702. The number of nitrogens with zero attached hydrogens (tertiary/aromatic N) is 4. The molecule has 6 heterocycles. The first-order valence-corrected chi connectivity index (χ1v) is 10.6. The second-order valence-electron chi connectivity index (χ2n) is 6.96. The number of fused-ring (bicyclic) bond motifs is 3. The number of furan rings is 2. The minimum absolute atomic E-state index is 0.101. The minimum atomic E-state index is 0.101. The zero-order valence-corrected chi connectivity index (χ0v) is 18.2. The normalized spacial score (nSPS) is 11.6. The summed E-state index contributed by atoms with van der Waals surface area (Å²) in [7, 11) is 0. The molecule has 10 heteroatoms. The Balaban J connectivity index is 1.44. The molecule has 0 aliphatic carbocycles. The van der Waals surface area contributed by atoms with Crippen LogP contribution < -0.4 is 9.47 Å². The van der Waals surface area contributed by atoms with Gasteiger partial charge in [-0.2, -0.15) is 9.97 Å². The number of ether oxygens (including phenoxy) is 2. The molecule has 0 aromatic carbocycles. The smallest absolute Gasteiger partial charge is 0.327 e. The average molecular weight is 492 g/mol. The van der Waals surface area contributed by atoms with E-state index in [1.54, 1.807) is 49.2 Å². The van der Waals surface area contributed by atoms with Crippen molar-refractivity contribution in [3.05, 3.63) is 59.4 Å². The van der Waals surface area contributed by atoms with Gasteiger partial charge in [0.15, 0.2) is 22.7 Å². The summed E-state index contributed by atoms with van der Waals surface area (Å²) in [6.45, 7) is 2.04. The Hall–Kier alpha value is -3.92. The van der Waals surface area contributed by atoms with Crippen LogP contribution in [0.3, 0.4) is 0 Å². The van der Waals surface area contributed by atoms with Crippen molar-refractivity contribution in [2.45, 2.75) is 13.3 Å². The molecule has 0 fully saturated rings. The number of aromatic nitrogens is 5. The topological polar surface area (TPSA) is 112 Å². The first-order valence-electron chi connectivity index (χ1n) is 9.78. The number of aryl methyl sites for hydroxylation is 1. The summed E-state index contributed by atoms with van der Waals surface area (Å²) in [5.41, 5.74) is 4.24. The number of H-pyrrole nitrogens is 1. The van der Waals surface area contributed by atoms with Crippen molar-refractivity contribution in [1.82, 2.24) is 24.9 Å². The zero-order chi connectivity index (χ0) is 21.7. The van der Waals surface area contributed by atoms with Crippen LogP contribution in [-0.4, -0.2) is 24.9 Å². The monoisotopic (exact) mass is 491 g/mol. The van der Waals surface area contributed by atoms with Crippen LogP contribution in [0.2, 0.25) is 0 Å². The molecule has 6 rings (SSSR count). The Morgan fingerprint density at radius 1 is 0.938 bits per heavy atom. The minimum Gasteiger partial charge on any atom is -0.463 e. The summed E-state index contributed by atoms with van der Waals surface area (Å²) in [6, 6.07) is 7.15. The molecule has 6 aromatic rings. The molecule has 32 heavy (non-hydrogen) atoms. The highest BCUT2D eigenvalue weighted by atomic mass is 79.9. The number of aromatic amines is 1. The van der Waals surface area contributed by atoms with E-state index in [-0.39, 0.29) is 6.01 Å². The highest BCUT2D eigenvalue weighted by Gasteiger charge is 2.20. The summed E-state index contributed by atoms with van der Waals surface area (Å²) >= 11 is 3.64. The van der Waals surface area contributed by atoms with E-state index in [0.29, 0.717) is 39.6 Å². The van der Waals surface area contributed by atoms with Gasteiger partial charge in [-0.3, -0.25) is 0 Å². The highest BCUT2D eigenvalue weighted by molar-refractivity contribution is 9.10. The van der Waals surface area contributed by atoms with Gasteiger partial charge in [-0.05, 0) is 22.4 Å². The molecule has 0 unspecified atom stereocenters. The number of rotatable bonds is 5. The third-order valence-corrected chi connectivity index (χ3v) is 5.82. The van der Waals surface area contributed by atoms with Crippen LogP contribution in [0.15, 0.2) is 62.5 Å². The standard InChI is InChI=1S/C22H14BrN5O4/c1-2-13-19(23)18-20(26-13)27-22(32-12-8-17-15(25-10-12)4-6-30-17)28-21(18)31-11-7-16-14(24-9-11)3-5-29-16/h3-10H,2H2,1H3,(H,26,27,28). The summed E-state index contributed by atoms with van der Waals surface area (Å²) in [6.07, 6.45) is 7.12. The molecule has 0 spiro atoms. The quantitative estimate of drug-likeness (QED) is 0.305. The molecule has 0 bridgehead atoms. The van der Waals surface area contributed by atoms with Crippen LogP contribution in [0, 0.1) is 0 Å². The number of nitrogens with one attached hydrogen (secondary N) is 1. The molecular weight excluding hydrogens is 478 g/mol. The van der Waals surface area contributed by atoms with Crippen molar-refractivity contribution in [3.63, 3.8) is 0 Å². The van der Waals surface area contributed by atoms with Gasteiger partial charge in [0.2, 0.25) is 5.88 Å². The van der Waals surface area contributed by atoms with E-state index >= 15 is 0 Å². The van der Waals surface area contributed by atoms with Crippen molar-refractivity contribution >= 4 is 49.2 Å². The molecule has 0 saturated heterocycles. The van der Waals surface area contributed by atoms with Crippen LogP contribution in [0.1, 0.15) is 12.6 Å². The van der Waals surface area contributed by atoms with Gasteiger partial charge in [-0.25, -0.2) is 9.97 Å². The Morgan fingerprint density at radius 3 is 2.25 bits per heavy atom. The molecular formula is C22H14BrN5O4. The van der Waals surface area contributed by atoms with Gasteiger partial charge >= 0.3 is 6.01 Å². The Morgan fingerprint density at radius 2 is 1.59 bits per heavy atom. The lowest BCUT2D eigenvalue weighted by Crippen LogP contribution is -1.97. The van der Waals surface area contributed by atoms with Gasteiger partial charge in [-0.1, -0.05) is 6.92 Å². The van der Waals surface area contributed by atoms with Crippen LogP contribution in [0.5, 0.6) is 23.4 Å². The predicted molar refractivity (Wildman–Crippen MR) is 119 cm³/mol. The van der Waals surface area contributed by atoms with Crippen LogP contribution in [-0.2, 0) is 6.42 Å². The SMILES string of the molecule is CCc1[nH]c2nc(Oc3cnc4ccoc4c3)nc(Oc3cnc4ccoc4c3)c2c1Br. The molecule has 0 atom stereocenters. The molecule has 9 nitrogen and oxygen atoms in total. The lowest BCUT2D eigenvalue weighted by atomic mass is 10.3. The summed E-state index contributed by atoms with van der Waals surface area (Å²) < 4.78 is 23.7. The van der Waals surface area contributed by atoms with Crippen LogP contribution in [0.25, 0.3) is 33.2 Å². The van der Waals surface area contributed by atoms with Crippen LogP contribution in [0.4, 0.5) is 0 Å². The summed E-state index contributed by atoms with van der Waals surface area (Å²) in [4.78, 5) is 21.0. The Labute approximate surface area is 188 Å². The predicted octanol–water partition coefficient (Wildman–Crippen LogP) is 6.15. The van der Waals surface area contributed by atoms with Gasteiger partial charge in [0, 0.05) is 30.0 Å². The van der Waals surface area contributed by atoms with E-state index < -0.39 is 0 Å². The highest BCUT2D eigenvalue weighted by Crippen LogP contribution is 2.38. The maximum Gasteiger partial charge on any atom is 0.327 e. The number of halogens is 1. The fourth-order valence-electron chi connectivity index (χ4n) is 3.41. The molecule has 158 valence electrons. The second kappa shape index (κ2) is 7.34. The fourth-order valence-corrected chi connectivity index (χ4v) is 4.14. The number of hydrogen-bond acceptors (Lipinski definition) is 8. The van der Waals surface area contributed by atoms with E-state index in [4.69, 9.17) is 18.3 Å². The largest absolute Gasteiger partial charge is 0.463 e. The van der Waals surface area contributed by atoms with Gasteiger partial charge in [0.05, 0.1) is 34.8 Å². The van der Waals surface area contributed by atoms with Gasteiger partial charge in [0.1, 0.15) is 16.7 Å². The van der Waals surface area contributed by atoms with E-state index in [2.05, 4.69) is 40.8 Å². The molecule has 0 aliphatic heterocycles. The van der Waals surface area contributed by atoms with E-state index in [1.165, 1.54) is 0 Å². The molecule has 0 aliphatic rings. The van der Waals surface area contributed by atoms with Gasteiger partial charge in [-0.15, -0.1) is 0 Å². The maximum atomic E-state index is 6.11. The Kier molecular flexibility index (Phi) is 4.32. The number of hydrogen-bond donors (Lipinski definition) is 1. The lowest BCUT2D eigenvalue weighted by molar-refractivity contribution is 0.415. The average Bonchev–Trinajstić information content (AvgIpc) is 3.51. The fraction of sp³-hybridized carbons (Fsp3) is 0.0909. The third-order valence-electron chi connectivity index (χ3n) is 4.94. The second-order valence-corrected chi connectivity index (χ2v) is 7.75. The van der Waals surface area contributed by atoms with Crippen molar-refractivity contribution in [2.75, 3.05) is 0 Å². The van der Waals surface area contributed by atoms with Gasteiger partial charge < -0.3 is 23.3 Å². The molecule has 1 N–H and O–H groups in total. The van der Waals surface area contributed by atoms with Crippen molar-refractivity contribution in [2.24, 2.45) is 0 Å². The first kappa shape index (κ1) is 18.8.